The summed E-state index contributed by atoms with van der Waals surface area (Å²) in [4.78, 5) is 5.09. The summed E-state index contributed by atoms with van der Waals surface area (Å²) in [5.41, 5.74) is 1.43. The van der Waals surface area contributed by atoms with Gasteiger partial charge in [0.1, 0.15) is 0 Å². The number of rotatable bonds is 3. The Kier molecular flexibility index (Phi) is 4.39. The molecule has 20 heavy (non-hydrogen) atoms. The summed E-state index contributed by atoms with van der Waals surface area (Å²) in [5, 5.41) is 2.69. The average molecular weight is 333 g/mol. The Hall–Kier alpha value is -0.900. The molecule has 0 saturated carbocycles. The van der Waals surface area contributed by atoms with Gasteiger partial charge >= 0.3 is 0 Å². The molecule has 0 amide bonds. The van der Waals surface area contributed by atoms with E-state index in [2.05, 4.69) is 69.1 Å². The Balaban J connectivity index is 1.81. The van der Waals surface area contributed by atoms with Crippen LogP contribution < -0.4 is 0 Å². The highest BCUT2D eigenvalue weighted by atomic mass is 79.9. The van der Waals surface area contributed by atoms with E-state index in [0.29, 0.717) is 0 Å². The van der Waals surface area contributed by atoms with Crippen molar-refractivity contribution in [3.05, 3.63) is 46.4 Å². The molecule has 2 aromatic carbocycles. The molecule has 3 heteroatoms. The van der Waals surface area contributed by atoms with Crippen molar-refractivity contribution >= 4 is 26.7 Å². The first-order valence-electron chi connectivity index (χ1n) is 7.39. The molecule has 1 aliphatic rings. The van der Waals surface area contributed by atoms with Crippen molar-refractivity contribution in [2.24, 2.45) is 0 Å². The molecule has 2 nitrogen and oxygen atoms in total. The van der Waals surface area contributed by atoms with Crippen molar-refractivity contribution in [2.45, 2.75) is 13.5 Å². The normalized spacial score (nSPS) is 17.7. The van der Waals surface area contributed by atoms with Crippen LogP contribution in [-0.2, 0) is 6.54 Å². The molecule has 0 unspecified atom stereocenters. The maximum absolute atomic E-state index is 3.71. The summed E-state index contributed by atoms with van der Waals surface area (Å²) in [6.07, 6.45) is 0. The van der Waals surface area contributed by atoms with Gasteiger partial charge in [-0.1, -0.05) is 53.2 Å². The van der Waals surface area contributed by atoms with Gasteiger partial charge in [0.2, 0.25) is 0 Å². The minimum atomic E-state index is 1.05. The lowest BCUT2D eigenvalue weighted by atomic mass is 10.0. The quantitative estimate of drug-likeness (QED) is 0.844. The molecule has 106 valence electrons. The van der Waals surface area contributed by atoms with E-state index >= 15 is 0 Å². The van der Waals surface area contributed by atoms with E-state index in [-0.39, 0.29) is 0 Å². The van der Waals surface area contributed by atoms with Crippen molar-refractivity contribution in [3.63, 3.8) is 0 Å². The number of nitrogens with zero attached hydrogens (tertiary/aromatic N) is 2. The zero-order valence-corrected chi connectivity index (χ0v) is 13.6. The highest BCUT2D eigenvalue weighted by Gasteiger charge is 2.16. The molecule has 1 aliphatic heterocycles. The van der Waals surface area contributed by atoms with Gasteiger partial charge in [-0.2, -0.15) is 0 Å². The maximum Gasteiger partial charge on any atom is 0.0256 e. The smallest absolute Gasteiger partial charge is 0.0256 e. The van der Waals surface area contributed by atoms with Gasteiger partial charge < -0.3 is 4.90 Å². The van der Waals surface area contributed by atoms with E-state index in [9.17, 15) is 0 Å². The zero-order chi connectivity index (χ0) is 13.9. The summed E-state index contributed by atoms with van der Waals surface area (Å²) in [5.74, 6) is 0. The van der Waals surface area contributed by atoms with E-state index in [1.807, 2.05) is 0 Å². The Bertz CT molecular complexity index is 583. The topological polar surface area (TPSA) is 6.48 Å². The molecule has 1 fully saturated rings. The second-order valence-corrected chi connectivity index (χ2v) is 6.32. The summed E-state index contributed by atoms with van der Waals surface area (Å²) in [7, 11) is 0. The molecule has 2 aromatic rings. The van der Waals surface area contributed by atoms with Crippen molar-refractivity contribution in [3.8, 4) is 0 Å². The zero-order valence-electron chi connectivity index (χ0n) is 12.0. The predicted octanol–water partition coefficient (Wildman–Crippen LogP) is 3.74. The van der Waals surface area contributed by atoms with Crippen LogP contribution in [0.4, 0.5) is 0 Å². The molecular formula is C17H21BrN2. The van der Waals surface area contributed by atoms with E-state index in [0.717, 1.165) is 6.54 Å². The van der Waals surface area contributed by atoms with Crippen LogP contribution in [0, 0.1) is 0 Å². The molecule has 0 atom stereocenters. The number of fused-ring (bicyclic) bond motifs is 1. The molecule has 1 saturated heterocycles. The molecule has 0 radical (unpaired) electrons. The van der Waals surface area contributed by atoms with E-state index in [4.69, 9.17) is 0 Å². The molecule has 0 aliphatic carbocycles. The maximum atomic E-state index is 3.71. The van der Waals surface area contributed by atoms with Gasteiger partial charge in [0, 0.05) is 42.6 Å². The van der Waals surface area contributed by atoms with Crippen molar-refractivity contribution in [1.82, 2.24) is 9.80 Å². The van der Waals surface area contributed by atoms with Crippen molar-refractivity contribution < 1.29 is 0 Å². The predicted molar refractivity (Wildman–Crippen MR) is 89.0 cm³/mol. The standard InChI is InChI=1S/C17H21BrN2/c1-2-19-9-11-20(12-10-19)13-15-7-3-5-14-6-4-8-16(18)17(14)15/h3-8H,2,9-13H2,1H3. The van der Waals surface area contributed by atoms with Crippen molar-refractivity contribution in [2.75, 3.05) is 32.7 Å². The lowest BCUT2D eigenvalue weighted by Crippen LogP contribution is -2.45. The highest BCUT2D eigenvalue weighted by Crippen LogP contribution is 2.28. The third-order valence-electron chi connectivity index (χ3n) is 4.25. The molecule has 0 N–H and O–H groups in total. The van der Waals surface area contributed by atoms with Crippen LogP contribution in [0.5, 0.6) is 0 Å². The van der Waals surface area contributed by atoms with E-state index < -0.39 is 0 Å². The summed E-state index contributed by atoms with van der Waals surface area (Å²) < 4.78 is 1.21. The number of hydrogen-bond donors (Lipinski definition) is 0. The number of piperazine rings is 1. The van der Waals surface area contributed by atoms with Gasteiger partial charge in [-0.05, 0) is 23.6 Å². The van der Waals surface area contributed by atoms with Crippen LogP contribution in [0.25, 0.3) is 10.8 Å². The Labute approximate surface area is 129 Å². The molecule has 0 spiro atoms. The molecule has 3 rings (SSSR count). The van der Waals surface area contributed by atoms with Gasteiger partial charge in [-0.3, -0.25) is 4.90 Å². The minimum absolute atomic E-state index is 1.05. The van der Waals surface area contributed by atoms with Crippen LogP contribution in [0.15, 0.2) is 40.9 Å². The summed E-state index contributed by atoms with van der Waals surface area (Å²) in [6, 6.07) is 13.1. The van der Waals surface area contributed by atoms with Crippen molar-refractivity contribution in [1.29, 1.82) is 0 Å². The Morgan fingerprint density at radius 1 is 0.950 bits per heavy atom. The molecule has 0 aromatic heterocycles. The third kappa shape index (κ3) is 2.90. The van der Waals surface area contributed by atoms with Crippen LogP contribution in [-0.4, -0.2) is 42.5 Å². The van der Waals surface area contributed by atoms with Crippen LogP contribution >= 0.6 is 15.9 Å². The fourth-order valence-electron chi connectivity index (χ4n) is 3.01. The number of benzene rings is 2. The third-order valence-corrected chi connectivity index (χ3v) is 4.91. The molecular weight excluding hydrogens is 312 g/mol. The van der Waals surface area contributed by atoms with Crippen LogP contribution in [0.2, 0.25) is 0 Å². The minimum Gasteiger partial charge on any atom is -0.301 e. The summed E-state index contributed by atoms with van der Waals surface area (Å²) in [6.45, 7) is 9.22. The monoisotopic (exact) mass is 332 g/mol. The lowest BCUT2D eigenvalue weighted by Gasteiger charge is -2.34. The summed E-state index contributed by atoms with van der Waals surface area (Å²) >= 11 is 3.71. The number of halogens is 1. The fourth-order valence-corrected chi connectivity index (χ4v) is 3.64. The van der Waals surface area contributed by atoms with Gasteiger partial charge in [0.15, 0.2) is 0 Å². The largest absolute Gasteiger partial charge is 0.301 e. The molecule has 1 heterocycles. The first-order chi connectivity index (χ1) is 9.78. The Morgan fingerprint density at radius 3 is 2.30 bits per heavy atom. The van der Waals surface area contributed by atoms with Crippen LogP contribution in [0.1, 0.15) is 12.5 Å². The van der Waals surface area contributed by atoms with E-state index in [1.165, 1.54) is 53.5 Å². The van der Waals surface area contributed by atoms with E-state index in [1.54, 1.807) is 0 Å². The second-order valence-electron chi connectivity index (χ2n) is 5.47. The number of hydrogen-bond acceptors (Lipinski definition) is 2. The lowest BCUT2D eigenvalue weighted by molar-refractivity contribution is 0.132. The number of likely N-dealkylation sites (N-methyl/N-ethyl adjacent to an activating group) is 1. The highest BCUT2D eigenvalue weighted by molar-refractivity contribution is 9.10. The van der Waals surface area contributed by atoms with Gasteiger partial charge in [-0.15, -0.1) is 0 Å². The first kappa shape index (κ1) is 14.1. The SMILES string of the molecule is CCN1CCN(Cc2cccc3cccc(Br)c23)CC1. The fraction of sp³-hybridized carbons (Fsp3) is 0.412. The van der Waals surface area contributed by atoms with Gasteiger partial charge in [-0.25, -0.2) is 0 Å². The van der Waals surface area contributed by atoms with Crippen LogP contribution in [0.3, 0.4) is 0 Å². The Morgan fingerprint density at radius 2 is 1.60 bits per heavy atom. The second kappa shape index (κ2) is 6.25. The van der Waals surface area contributed by atoms with Gasteiger partial charge in [0.05, 0.1) is 0 Å². The van der Waals surface area contributed by atoms with Gasteiger partial charge in [0.25, 0.3) is 0 Å². The average Bonchev–Trinajstić information content (AvgIpc) is 2.48. The molecule has 0 bridgehead atoms. The first-order valence-corrected chi connectivity index (χ1v) is 8.18.